The predicted molar refractivity (Wildman–Crippen MR) is 325 cm³/mol. The Bertz CT molecular complexity index is 3960. The summed E-state index contributed by atoms with van der Waals surface area (Å²) in [6.45, 7) is 4.73. The zero-order chi connectivity index (χ0) is 51.5. The van der Waals surface area contributed by atoms with E-state index in [2.05, 4.69) is 291 Å². The van der Waals surface area contributed by atoms with Crippen LogP contribution in [0.25, 0.3) is 66.8 Å². The molecule has 5 aliphatic rings. The first-order valence-electron chi connectivity index (χ1n) is 27.6. The Balaban J connectivity index is 0.852. The Labute approximate surface area is 453 Å². The van der Waals surface area contributed by atoms with Crippen LogP contribution in [0.1, 0.15) is 60.9 Å². The highest BCUT2D eigenvalue weighted by Gasteiger charge is 2.49. The second-order valence-corrected chi connectivity index (χ2v) is 21.9. The van der Waals surface area contributed by atoms with Gasteiger partial charge in [-0.25, -0.2) is 0 Å². The van der Waals surface area contributed by atoms with E-state index in [1.54, 1.807) is 0 Å². The Morgan fingerprint density at radius 3 is 1.87 bits per heavy atom. The molecule has 4 atom stereocenters. The summed E-state index contributed by atoms with van der Waals surface area (Å²) in [7, 11) is 0. The Morgan fingerprint density at radius 1 is 0.455 bits per heavy atom. The van der Waals surface area contributed by atoms with Crippen molar-refractivity contribution in [3.05, 3.63) is 306 Å². The van der Waals surface area contributed by atoms with Crippen molar-refractivity contribution in [1.82, 2.24) is 0 Å². The van der Waals surface area contributed by atoms with Gasteiger partial charge >= 0.3 is 0 Å². The van der Waals surface area contributed by atoms with E-state index in [0.29, 0.717) is 11.8 Å². The van der Waals surface area contributed by atoms with Gasteiger partial charge in [-0.2, -0.15) is 0 Å². The van der Waals surface area contributed by atoms with Crippen molar-refractivity contribution in [1.29, 1.82) is 0 Å². The minimum Gasteiger partial charge on any atom is -0.372 e. The predicted octanol–water partition coefficient (Wildman–Crippen LogP) is 19.6. The second kappa shape index (κ2) is 19.0. The van der Waals surface area contributed by atoms with Gasteiger partial charge in [0.2, 0.25) is 0 Å². The lowest BCUT2D eigenvalue weighted by Crippen LogP contribution is -2.35. The van der Waals surface area contributed by atoms with Crippen LogP contribution in [0.15, 0.2) is 278 Å². The van der Waals surface area contributed by atoms with Crippen LogP contribution < -0.4 is 10.6 Å². The summed E-state index contributed by atoms with van der Waals surface area (Å²) in [5, 5.41) is 8.14. The van der Waals surface area contributed by atoms with Gasteiger partial charge in [0.05, 0.1) is 11.0 Å². The normalized spacial score (nSPS) is 20.6. The summed E-state index contributed by atoms with van der Waals surface area (Å²) >= 11 is 0. The van der Waals surface area contributed by atoms with Crippen molar-refractivity contribution < 1.29 is 0 Å². The molecule has 0 spiro atoms. The highest BCUT2D eigenvalue weighted by molar-refractivity contribution is 5.98. The third-order valence-electron chi connectivity index (χ3n) is 17.0. The van der Waals surface area contributed by atoms with Crippen LogP contribution in [-0.4, -0.2) is 0 Å². The minimum atomic E-state index is -0.504. The number of hydrogen-bond acceptors (Lipinski definition) is 2. The molecule has 0 radical (unpaired) electrons. The summed E-state index contributed by atoms with van der Waals surface area (Å²) in [5.41, 5.74) is 26.2. The monoisotopic (exact) mass is 988 g/mol. The molecule has 9 aromatic carbocycles. The van der Waals surface area contributed by atoms with Gasteiger partial charge in [0.15, 0.2) is 0 Å². The van der Waals surface area contributed by atoms with Gasteiger partial charge < -0.3 is 10.6 Å². The lowest BCUT2D eigenvalue weighted by Gasteiger charge is -2.40. The van der Waals surface area contributed by atoms with Gasteiger partial charge in [0.25, 0.3) is 0 Å². The van der Waals surface area contributed by atoms with Crippen molar-refractivity contribution in [2.75, 3.05) is 10.6 Å². The molecule has 14 rings (SSSR count). The number of nitrogens with one attached hydrogen (secondary N) is 2. The summed E-state index contributed by atoms with van der Waals surface area (Å²) in [4.78, 5) is 0. The van der Waals surface area contributed by atoms with Gasteiger partial charge in [-0.05, 0) is 180 Å². The topological polar surface area (TPSA) is 24.1 Å². The van der Waals surface area contributed by atoms with Crippen LogP contribution in [0.3, 0.4) is 0 Å². The highest BCUT2D eigenvalue weighted by Crippen LogP contribution is 2.60. The molecule has 2 bridgehead atoms. The molecular weight excluding hydrogens is 929 g/mol. The van der Waals surface area contributed by atoms with Crippen molar-refractivity contribution in [3.63, 3.8) is 0 Å². The SMILES string of the molecule is CC1C=C(C2(c3ccccc3)C3=C(C=CC(C)C3)c3ccc(NC4(c5ccccc5)C=C(c5ccc(-c6cc7cc(c6)-c6ccccc6-c6cc(-c8ccccc8)ccc6Nc6ccccc6-7)cc5)C=CC4)cc32)C=CC1. The molecule has 2 N–H and O–H groups in total. The quantitative estimate of drug-likeness (QED) is 0.159. The van der Waals surface area contributed by atoms with Crippen LogP contribution in [-0.2, 0) is 11.0 Å². The van der Waals surface area contributed by atoms with E-state index in [0.717, 1.165) is 36.3 Å². The molecule has 77 heavy (non-hydrogen) atoms. The van der Waals surface area contributed by atoms with Gasteiger partial charge in [-0.3, -0.25) is 0 Å². The van der Waals surface area contributed by atoms with Crippen LogP contribution in [0, 0.1) is 11.8 Å². The third kappa shape index (κ3) is 8.10. The number of benzene rings is 9. The van der Waals surface area contributed by atoms with E-state index < -0.39 is 5.54 Å². The van der Waals surface area contributed by atoms with Crippen molar-refractivity contribution >= 4 is 28.2 Å². The maximum absolute atomic E-state index is 4.24. The van der Waals surface area contributed by atoms with E-state index in [1.807, 2.05) is 0 Å². The molecule has 9 aromatic rings. The number of allylic oxidation sites excluding steroid dienone is 10. The molecule has 4 unspecified atom stereocenters. The summed E-state index contributed by atoms with van der Waals surface area (Å²) in [5.74, 6) is 0.924. The fraction of sp³-hybridized carbons (Fsp3) is 0.120. The molecule has 1 heterocycles. The average Bonchev–Trinajstić information content (AvgIpc) is 3.89. The maximum Gasteiger partial charge on any atom is 0.0853 e. The molecule has 370 valence electrons. The standard InChI is InChI=1S/C75H60N2/c1-50-18-16-26-62(42-50)75(61-24-10-5-11-25-61)70-43-51(2)31-38-67(70)68-39-37-63(48-71(68)75)77-74(60-22-8-4-9-23-60)41-17-21-56(49-74)53-32-34-54(35-33-53)57-44-58-46-59(45-57)65-28-14-15-30-72(65)76-73-40-36-55(52-19-6-3-7-20-52)47-69(73)66-29-13-12-27-64(58)66/h3-17,19-40,42,44-51,76-77H,18,41,43H2,1-2H3. The van der Waals surface area contributed by atoms with Gasteiger partial charge in [0.1, 0.15) is 0 Å². The molecule has 0 saturated heterocycles. The molecular formula is C75H60N2. The van der Waals surface area contributed by atoms with Crippen molar-refractivity contribution in [3.8, 4) is 55.6 Å². The van der Waals surface area contributed by atoms with Gasteiger partial charge in [0, 0.05) is 28.2 Å². The smallest absolute Gasteiger partial charge is 0.0853 e. The number of fused-ring (bicyclic) bond motifs is 10. The van der Waals surface area contributed by atoms with E-state index in [9.17, 15) is 0 Å². The van der Waals surface area contributed by atoms with Crippen LogP contribution in [0.5, 0.6) is 0 Å². The number of rotatable bonds is 8. The van der Waals surface area contributed by atoms with E-state index in [-0.39, 0.29) is 5.41 Å². The number of para-hydroxylation sites is 1. The van der Waals surface area contributed by atoms with Crippen LogP contribution in [0.2, 0.25) is 0 Å². The molecule has 0 amide bonds. The van der Waals surface area contributed by atoms with Gasteiger partial charge in [-0.1, -0.05) is 226 Å². The second-order valence-electron chi connectivity index (χ2n) is 21.9. The van der Waals surface area contributed by atoms with E-state index >= 15 is 0 Å². The third-order valence-corrected chi connectivity index (χ3v) is 17.0. The molecule has 4 aliphatic carbocycles. The van der Waals surface area contributed by atoms with Gasteiger partial charge in [-0.15, -0.1) is 0 Å². The lowest BCUT2D eigenvalue weighted by atomic mass is 9.63. The molecule has 2 heteroatoms. The fourth-order valence-electron chi connectivity index (χ4n) is 13.3. The number of anilines is 3. The first-order valence-corrected chi connectivity index (χ1v) is 27.6. The zero-order valence-electron chi connectivity index (χ0n) is 43.7. The largest absolute Gasteiger partial charge is 0.372 e. The minimum absolute atomic E-state index is 0.388. The Hall–Kier alpha value is -8.98. The first kappa shape index (κ1) is 46.5. The Kier molecular flexibility index (Phi) is 11.5. The Morgan fingerprint density at radius 2 is 1.09 bits per heavy atom. The van der Waals surface area contributed by atoms with E-state index in [1.165, 1.54) is 106 Å². The zero-order valence-corrected chi connectivity index (χ0v) is 43.7. The summed E-state index contributed by atoms with van der Waals surface area (Å²) in [6, 6.07) is 81.1. The lowest BCUT2D eigenvalue weighted by molar-refractivity contribution is 0.606. The fourth-order valence-corrected chi connectivity index (χ4v) is 13.3. The van der Waals surface area contributed by atoms with Crippen molar-refractivity contribution in [2.45, 2.75) is 44.1 Å². The highest BCUT2D eigenvalue weighted by atomic mass is 15.0. The molecule has 1 aliphatic heterocycles. The summed E-state index contributed by atoms with van der Waals surface area (Å²) in [6.07, 6.45) is 22.3. The molecule has 0 aromatic heterocycles. The average molecular weight is 989 g/mol. The maximum atomic E-state index is 4.24. The first-order chi connectivity index (χ1) is 37.9. The van der Waals surface area contributed by atoms with Crippen molar-refractivity contribution in [2.24, 2.45) is 11.8 Å². The van der Waals surface area contributed by atoms with E-state index in [4.69, 9.17) is 0 Å². The number of hydrogen-bond donors (Lipinski definition) is 2. The molecule has 0 fully saturated rings. The van der Waals surface area contributed by atoms with Crippen LogP contribution in [0.4, 0.5) is 17.1 Å². The molecule has 2 nitrogen and oxygen atoms in total. The summed E-state index contributed by atoms with van der Waals surface area (Å²) < 4.78 is 0. The van der Waals surface area contributed by atoms with Crippen LogP contribution >= 0.6 is 0 Å². The molecule has 0 saturated carbocycles.